The molecule has 16 heavy (non-hydrogen) atoms. The molecule has 0 aliphatic carbocycles. The Morgan fingerprint density at radius 3 is 1.75 bits per heavy atom. The van der Waals surface area contributed by atoms with Crippen LogP contribution < -0.4 is 11.5 Å². The van der Waals surface area contributed by atoms with E-state index in [0.717, 1.165) is 0 Å². The van der Waals surface area contributed by atoms with E-state index in [-0.39, 0.29) is 4.90 Å². The highest BCUT2D eigenvalue weighted by molar-refractivity contribution is 5.96. The molecule has 9 heteroatoms. The molecule has 0 fully saturated rings. The number of nitrogens with two attached hydrogens (primary N) is 2. The molecule has 0 spiro atoms. The molecule has 9 nitrogen and oxygen atoms in total. The van der Waals surface area contributed by atoms with Crippen LogP contribution in [-0.2, 0) is 9.59 Å². The van der Waals surface area contributed by atoms with Crippen LogP contribution in [0.5, 0.6) is 0 Å². The summed E-state index contributed by atoms with van der Waals surface area (Å²) in [5.74, 6) is -2.82. The lowest BCUT2D eigenvalue weighted by Crippen LogP contribution is -2.53. The third kappa shape index (κ3) is 3.82. The molecule has 0 rings (SSSR count). The molecule has 0 aromatic carbocycles. The summed E-state index contributed by atoms with van der Waals surface area (Å²) in [5, 5.41) is 17.1. The highest BCUT2D eigenvalue weighted by Crippen LogP contribution is 2.07. The summed E-state index contributed by atoms with van der Waals surface area (Å²) in [7, 11) is 0. The number of hydrogen-bond donors (Lipinski definition) is 4. The first-order valence-electron chi connectivity index (χ1n) is 4.10. The van der Waals surface area contributed by atoms with Gasteiger partial charge in [-0.2, -0.15) is 0 Å². The molecule has 0 saturated heterocycles. The number of carbonyl (C=O) groups excluding carboxylic acids is 2. The van der Waals surface area contributed by atoms with Crippen LogP contribution in [0.1, 0.15) is 12.8 Å². The molecule has 0 aliphatic rings. The topological polar surface area (TPSA) is 164 Å². The lowest BCUT2D eigenvalue weighted by atomic mass is 10.1. The zero-order valence-corrected chi connectivity index (χ0v) is 8.12. The number of amides is 4. The van der Waals surface area contributed by atoms with Gasteiger partial charge < -0.3 is 21.7 Å². The fourth-order valence-corrected chi connectivity index (χ4v) is 1.04. The van der Waals surface area contributed by atoms with Gasteiger partial charge in [0.15, 0.2) is 0 Å². The van der Waals surface area contributed by atoms with Gasteiger partial charge >= 0.3 is 24.0 Å². The van der Waals surface area contributed by atoms with Gasteiger partial charge in [-0.3, -0.25) is 4.79 Å². The second-order valence-corrected chi connectivity index (χ2v) is 2.83. The maximum atomic E-state index is 10.8. The fraction of sp³-hybridized carbons (Fsp3) is 0.429. The van der Waals surface area contributed by atoms with Crippen molar-refractivity contribution >= 4 is 24.0 Å². The second-order valence-electron chi connectivity index (χ2n) is 2.83. The van der Waals surface area contributed by atoms with Gasteiger partial charge in [0, 0.05) is 6.42 Å². The summed E-state index contributed by atoms with van der Waals surface area (Å²) < 4.78 is 0. The van der Waals surface area contributed by atoms with Crippen LogP contribution in [0.25, 0.3) is 0 Å². The molecular weight excluding hydrogens is 222 g/mol. The summed E-state index contributed by atoms with van der Waals surface area (Å²) >= 11 is 0. The van der Waals surface area contributed by atoms with E-state index < -0.39 is 42.9 Å². The quantitative estimate of drug-likeness (QED) is 0.463. The zero-order valence-electron chi connectivity index (χ0n) is 8.12. The molecule has 0 saturated carbocycles. The van der Waals surface area contributed by atoms with E-state index in [2.05, 4.69) is 0 Å². The first-order chi connectivity index (χ1) is 7.27. The molecule has 0 aromatic heterocycles. The predicted octanol–water partition coefficient (Wildman–Crippen LogP) is -1.24. The van der Waals surface area contributed by atoms with E-state index in [9.17, 15) is 19.2 Å². The van der Waals surface area contributed by atoms with Crippen LogP contribution in [-0.4, -0.2) is 45.2 Å². The van der Waals surface area contributed by atoms with Gasteiger partial charge in [0.2, 0.25) is 0 Å². The highest BCUT2D eigenvalue weighted by atomic mass is 16.4. The van der Waals surface area contributed by atoms with E-state index in [1.54, 1.807) is 0 Å². The number of rotatable bonds is 5. The number of urea groups is 2. The largest absolute Gasteiger partial charge is 0.481 e. The third-order valence-electron chi connectivity index (χ3n) is 1.70. The summed E-state index contributed by atoms with van der Waals surface area (Å²) in [4.78, 5) is 42.6. The summed E-state index contributed by atoms with van der Waals surface area (Å²) in [6, 6.07) is -4.36. The molecule has 1 atom stereocenters. The minimum Gasteiger partial charge on any atom is -0.481 e. The van der Waals surface area contributed by atoms with Gasteiger partial charge in [-0.25, -0.2) is 19.3 Å². The zero-order chi connectivity index (χ0) is 12.9. The number of primary amides is 2. The fourth-order valence-electron chi connectivity index (χ4n) is 1.04. The first-order valence-corrected chi connectivity index (χ1v) is 4.10. The predicted molar refractivity (Wildman–Crippen MR) is 49.3 cm³/mol. The average molecular weight is 233 g/mol. The van der Waals surface area contributed by atoms with Crippen molar-refractivity contribution in [1.29, 1.82) is 0 Å². The van der Waals surface area contributed by atoms with Gasteiger partial charge in [-0.15, -0.1) is 0 Å². The number of carbonyl (C=O) groups is 4. The van der Waals surface area contributed by atoms with Gasteiger partial charge in [-0.05, 0) is 6.42 Å². The molecule has 0 aliphatic heterocycles. The minimum atomic E-state index is -1.67. The maximum absolute atomic E-state index is 10.8. The van der Waals surface area contributed by atoms with Crippen LogP contribution in [0.4, 0.5) is 9.59 Å². The highest BCUT2D eigenvalue weighted by Gasteiger charge is 2.32. The number of carboxylic acid groups (broad SMARTS) is 2. The Balaban J connectivity index is 4.86. The number of imide groups is 1. The molecule has 0 radical (unpaired) electrons. The van der Waals surface area contributed by atoms with Crippen molar-refractivity contribution in [2.45, 2.75) is 18.9 Å². The Labute approximate surface area is 89.6 Å². The third-order valence-corrected chi connectivity index (χ3v) is 1.70. The molecule has 0 heterocycles. The van der Waals surface area contributed by atoms with Crippen molar-refractivity contribution in [3.05, 3.63) is 0 Å². The molecule has 0 bridgehead atoms. The van der Waals surface area contributed by atoms with Crippen LogP contribution in [0.3, 0.4) is 0 Å². The van der Waals surface area contributed by atoms with Gasteiger partial charge in [0.05, 0.1) is 0 Å². The van der Waals surface area contributed by atoms with Gasteiger partial charge in [0.25, 0.3) is 0 Å². The van der Waals surface area contributed by atoms with E-state index in [4.69, 9.17) is 21.7 Å². The molecule has 6 N–H and O–H groups in total. The summed E-state index contributed by atoms with van der Waals surface area (Å²) in [6.45, 7) is 0. The van der Waals surface area contributed by atoms with Crippen LogP contribution in [0, 0.1) is 0 Å². The Kier molecular flexibility index (Phi) is 4.73. The van der Waals surface area contributed by atoms with Crippen LogP contribution in [0.15, 0.2) is 0 Å². The van der Waals surface area contributed by atoms with Crippen molar-refractivity contribution in [3.63, 3.8) is 0 Å². The standard InChI is InChI=1S/C7H11N3O6/c8-6(15)10(7(9)16)3(5(13)14)1-2-4(11)12/h3H,1-2H2,(H2,8,15)(H2,9,16)(H,11,12)(H,13,14)/t3-/m0/s1. The van der Waals surface area contributed by atoms with Crippen molar-refractivity contribution in [3.8, 4) is 0 Å². The Morgan fingerprint density at radius 1 is 1.06 bits per heavy atom. The Bertz CT molecular complexity index is 314. The van der Waals surface area contributed by atoms with Gasteiger partial charge in [-0.1, -0.05) is 0 Å². The second kappa shape index (κ2) is 5.53. The Hall–Kier alpha value is -2.32. The lowest BCUT2D eigenvalue weighted by Gasteiger charge is -2.22. The number of carboxylic acids is 2. The average Bonchev–Trinajstić information content (AvgIpc) is 2.09. The molecule has 0 unspecified atom stereocenters. The summed E-state index contributed by atoms with van der Waals surface area (Å²) in [5.41, 5.74) is 9.52. The number of hydrogen-bond acceptors (Lipinski definition) is 4. The van der Waals surface area contributed by atoms with Crippen molar-refractivity contribution in [2.24, 2.45) is 11.5 Å². The Morgan fingerprint density at radius 2 is 1.50 bits per heavy atom. The molecule has 0 aromatic rings. The van der Waals surface area contributed by atoms with E-state index in [1.807, 2.05) is 0 Å². The van der Waals surface area contributed by atoms with E-state index in [0.29, 0.717) is 0 Å². The van der Waals surface area contributed by atoms with Crippen LogP contribution >= 0.6 is 0 Å². The maximum Gasteiger partial charge on any atom is 0.327 e. The SMILES string of the molecule is NC(=O)N(C(N)=O)[C@@H](CCC(=O)O)C(=O)O. The van der Waals surface area contributed by atoms with Crippen molar-refractivity contribution in [2.75, 3.05) is 0 Å². The number of aliphatic carboxylic acids is 2. The molecule has 4 amide bonds. The van der Waals surface area contributed by atoms with Gasteiger partial charge in [0.1, 0.15) is 6.04 Å². The minimum absolute atomic E-state index is 0.102. The normalized spacial score (nSPS) is 11.5. The molecular formula is C7H11N3O6. The van der Waals surface area contributed by atoms with Crippen molar-refractivity contribution in [1.82, 2.24) is 4.90 Å². The number of nitrogens with zero attached hydrogens (tertiary/aromatic N) is 1. The monoisotopic (exact) mass is 233 g/mol. The first kappa shape index (κ1) is 13.7. The summed E-state index contributed by atoms with van der Waals surface area (Å²) in [6.07, 6.45) is -0.995. The smallest absolute Gasteiger partial charge is 0.327 e. The van der Waals surface area contributed by atoms with E-state index in [1.165, 1.54) is 0 Å². The van der Waals surface area contributed by atoms with E-state index >= 15 is 0 Å². The van der Waals surface area contributed by atoms with Crippen LogP contribution in [0.2, 0.25) is 0 Å². The lowest BCUT2D eigenvalue weighted by molar-refractivity contribution is -0.142. The molecule has 90 valence electrons. The van der Waals surface area contributed by atoms with Crippen molar-refractivity contribution < 1.29 is 29.4 Å².